The fourth-order valence-electron chi connectivity index (χ4n) is 3.92. The van der Waals surface area contributed by atoms with Crippen molar-refractivity contribution in [1.29, 1.82) is 0 Å². The van der Waals surface area contributed by atoms with Crippen molar-refractivity contribution >= 4 is 21.4 Å². The second kappa shape index (κ2) is 9.01. The summed E-state index contributed by atoms with van der Waals surface area (Å²) in [6.45, 7) is -0.435. The smallest absolute Gasteiger partial charge is 0.118 e. The Labute approximate surface area is 178 Å². The van der Waals surface area contributed by atoms with Crippen LogP contribution in [0.1, 0.15) is 22.8 Å². The SMILES string of the molecule is COc1ccc(CCc2csc3ccc([C@@H]4O[C@H](CO)[C@@H](O)[C@H](O)[C@H]4O)cc23)cc1. The average Bonchev–Trinajstić information content (AvgIpc) is 3.19. The highest BCUT2D eigenvalue weighted by molar-refractivity contribution is 7.17. The van der Waals surface area contributed by atoms with E-state index in [9.17, 15) is 20.4 Å². The summed E-state index contributed by atoms with van der Waals surface area (Å²) in [5, 5.41) is 43.2. The van der Waals surface area contributed by atoms with Crippen molar-refractivity contribution in [3.63, 3.8) is 0 Å². The Morgan fingerprint density at radius 1 is 0.967 bits per heavy atom. The summed E-state index contributed by atoms with van der Waals surface area (Å²) in [6.07, 6.45) is -3.99. The molecule has 0 saturated carbocycles. The van der Waals surface area contributed by atoms with Crippen LogP contribution in [0, 0.1) is 0 Å². The lowest BCUT2D eigenvalue weighted by Gasteiger charge is -2.40. The Bertz CT molecular complexity index is 983. The number of hydrogen-bond acceptors (Lipinski definition) is 7. The number of aliphatic hydroxyl groups excluding tert-OH is 4. The largest absolute Gasteiger partial charge is 0.497 e. The highest BCUT2D eigenvalue weighted by atomic mass is 32.1. The third kappa shape index (κ3) is 4.09. The third-order valence-electron chi connectivity index (χ3n) is 5.74. The Hall–Kier alpha value is -2.00. The van der Waals surface area contributed by atoms with Crippen LogP contribution in [0.4, 0.5) is 0 Å². The summed E-state index contributed by atoms with van der Waals surface area (Å²) < 4.78 is 12.1. The maximum absolute atomic E-state index is 10.4. The maximum Gasteiger partial charge on any atom is 0.118 e. The molecule has 4 N–H and O–H groups in total. The second-order valence-corrected chi connectivity index (χ2v) is 8.53. The van der Waals surface area contributed by atoms with Gasteiger partial charge < -0.3 is 29.9 Å². The number of aryl methyl sites for hydroxylation is 2. The lowest BCUT2D eigenvalue weighted by atomic mass is 9.90. The van der Waals surface area contributed by atoms with Gasteiger partial charge in [-0.2, -0.15) is 0 Å². The zero-order valence-corrected chi connectivity index (χ0v) is 17.5. The molecule has 0 spiro atoms. The first-order valence-electron chi connectivity index (χ1n) is 9.95. The minimum Gasteiger partial charge on any atom is -0.497 e. The van der Waals surface area contributed by atoms with E-state index >= 15 is 0 Å². The summed E-state index contributed by atoms with van der Waals surface area (Å²) in [7, 11) is 1.65. The van der Waals surface area contributed by atoms with E-state index in [1.165, 1.54) is 11.1 Å². The predicted octanol–water partition coefficient (Wildman–Crippen LogP) is 2.21. The van der Waals surface area contributed by atoms with Crippen molar-refractivity contribution < 1.29 is 29.9 Å². The molecular weight excluding hydrogens is 404 g/mol. The fourth-order valence-corrected chi connectivity index (χ4v) is 4.90. The molecule has 6 nitrogen and oxygen atoms in total. The first-order valence-corrected chi connectivity index (χ1v) is 10.8. The number of ether oxygens (including phenoxy) is 2. The summed E-state index contributed by atoms with van der Waals surface area (Å²) >= 11 is 1.66. The van der Waals surface area contributed by atoms with E-state index in [-0.39, 0.29) is 0 Å². The molecule has 2 heterocycles. The molecule has 0 amide bonds. The Kier molecular flexibility index (Phi) is 6.38. The molecule has 1 saturated heterocycles. The molecule has 1 fully saturated rings. The van der Waals surface area contributed by atoms with E-state index in [4.69, 9.17) is 9.47 Å². The summed E-state index contributed by atoms with van der Waals surface area (Å²) in [6, 6.07) is 13.9. The van der Waals surface area contributed by atoms with Crippen molar-refractivity contribution in [1.82, 2.24) is 0 Å². The normalized spacial score (nSPS) is 26.8. The average molecular weight is 431 g/mol. The van der Waals surface area contributed by atoms with Gasteiger partial charge >= 0.3 is 0 Å². The van der Waals surface area contributed by atoms with Crippen molar-refractivity contribution in [3.8, 4) is 5.75 Å². The predicted molar refractivity (Wildman–Crippen MR) is 115 cm³/mol. The first-order chi connectivity index (χ1) is 14.5. The van der Waals surface area contributed by atoms with E-state index in [0.717, 1.165) is 28.7 Å². The fraction of sp³-hybridized carbons (Fsp3) is 0.391. The standard InChI is InChI=1S/C23H26O6S/c1-28-16-7-3-13(4-8-16)2-5-15-12-30-19-9-6-14(10-17(15)19)23-22(27)21(26)20(25)18(11-24)29-23/h3-4,6-10,12,18,20-27H,2,5,11H2,1H3/t18-,20-,21+,22-,23+/m1/s1. The molecule has 1 aliphatic rings. The highest BCUT2D eigenvalue weighted by Crippen LogP contribution is 2.36. The zero-order chi connectivity index (χ0) is 21.3. The van der Waals surface area contributed by atoms with Gasteiger partial charge in [0.2, 0.25) is 0 Å². The van der Waals surface area contributed by atoms with Gasteiger partial charge in [-0.15, -0.1) is 11.3 Å². The van der Waals surface area contributed by atoms with Crippen LogP contribution in [0.15, 0.2) is 47.8 Å². The number of fused-ring (bicyclic) bond motifs is 1. The van der Waals surface area contributed by atoms with Crippen LogP contribution in [0.25, 0.3) is 10.1 Å². The molecule has 7 heteroatoms. The van der Waals surface area contributed by atoms with Gasteiger partial charge in [0, 0.05) is 4.70 Å². The number of aliphatic hydroxyl groups is 4. The van der Waals surface area contributed by atoms with Crippen LogP contribution in [0.2, 0.25) is 0 Å². The van der Waals surface area contributed by atoms with Crippen LogP contribution in [0.3, 0.4) is 0 Å². The van der Waals surface area contributed by atoms with Crippen LogP contribution in [0.5, 0.6) is 5.75 Å². The monoisotopic (exact) mass is 430 g/mol. The van der Waals surface area contributed by atoms with E-state index in [0.29, 0.717) is 5.56 Å². The topological polar surface area (TPSA) is 99.4 Å². The molecule has 0 unspecified atom stereocenters. The Balaban J connectivity index is 1.56. The number of rotatable bonds is 6. The summed E-state index contributed by atoms with van der Waals surface area (Å²) in [5.74, 6) is 0.837. The number of benzene rings is 2. The van der Waals surface area contributed by atoms with E-state index in [1.54, 1.807) is 18.4 Å². The molecule has 30 heavy (non-hydrogen) atoms. The highest BCUT2D eigenvalue weighted by Gasteiger charge is 2.43. The van der Waals surface area contributed by atoms with Crippen molar-refractivity contribution in [2.24, 2.45) is 0 Å². The van der Waals surface area contributed by atoms with Gasteiger partial charge in [-0.25, -0.2) is 0 Å². The molecule has 0 radical (unpaired) electrons. The number of methoxy groups -OCH3 is 1. The van der Waals surface area contributed by atoms with Gasteiger partial charge in [-0.05, 0) is 64.6 Å². The molecule has 5 atom stereocenters. The molecule has 1 aromatic heterocycles. The molecule has 0 aliphatic carbocycles. The van der Waals surface area contributed by atoms with Gasteiger partial charge in [0.15, 0.2) is 0 Å². The molecule has 3 aromatic rings. The Morgan fingerprint density at radius 2 is 1.73 bits per heavy atom. The number of hydrogen-bond donors (Lipinski definition) is 4. The zero-order valence-electron chi connectivity index (χ0n) is 16.6. The van der Waals surface area contributed by atoms with E-state index in [1.807, 2.05) is 30.3 Å². The maximum atomic E-state index is 10.4. The van der Waals surface area contributed by atoms with E-state index in [2.05, 4.69) is 17.5 Å². The van der Waals surface area contributed by atoms with Crippen molar-refractivity contribution in [2.75, 3.05) is 13.7 Å². The number of thiophene rings is 1. The molecule has 2 aromatic carbocycles. The molecule has 4 rings (SSSR count). The van der Waals surface area contributed by atoms with E-state index < -0.39 is 37.1 Å². The molecular formula is C23H26O6S. The minimum absolute atomic E-state index is 0.435. The van der Waals surface area contributed by atoms with Crippen molar-refractivity contribution in [2.45, 2.75) is 43.4 Å². The van der Waals surface area contributed by atoms with Crippen LogP contribution in [-0.4, -0.2) is 58.6 Å². The van der Waals surface area contributed by atoms with Crippen LogP contribution >= 0.6 is 11.3 Å². The molecule has 0 bridgehead atoms. The summed E-state index contributed by atoms with van der Waals surface area (Å²) in [5.41, 5.74) is 3.14. The third-order valence-corrected chi connectivity index (χ3v) is 6.75. The summed E-state index contributed by atoms with van der Waals surface area (Å²) in [4.78, 5) is 0. The lowest BCUT2D eigenvalue weighted by molar-refractivity contribution is -0.231. The minimum atomic E-state index is -1.38. The molecule has 1 aliphatic heterocycles. The van der Waals surface area contributed by atoms with Gasteiger partial charge in [0.25, 0.3) is 0 Å². The molecule has 160 valence electrons. The van der Waals surface area contributed by atoms with Crippen LogP contribution in [-0.2, 0) is 17.6 Å². The van der Waals surface area contributed by atoms with Gasteiger partial charge in [-0.1, -0.05) is 18.2 Å². The first kappa shape index (κ1) is 21.2. The van der Waals surface area contributed by atoms with Gasteiger partial charge in [-0.3, -0.25) is 0 Å². The quantitative estimate of drug-likeness (QED) is 0.479. The van der Waals surface area contributed by atoms with Crippen LogP contribution < -0.4 is 4.74 Å². The Morgan fingerprint density at radius 3 is 2.43 bits per heavy atom. The van der Waals surface area contributed by atoms with Gasteiger partial charge in [0.1, 0.15) is 36.3 Å². The lowest BCUT2D eigenvalue weighted by Crippen LogP contribution is -2.55. The second-order valence-electron chi connectivity index (χ2n) is 7.61. The van der Waals surface area contributed by atoms with Gasteiger partial charge in [0.05, 0.1) is 13.7 Å². The van der Waals surface area contributed by atoms with Crippen molar-refractivity contribution in [3.05, 3.63) is 64.5 Å².